The van der Waals surface area contributed by atoms with Crippen LogP contribution >= 0.6 is 46.4 Å². The van der Waals surface area contributed by atoms with Crippen LogP contribution in [0.3, 0.4) is 0 Å². The molecule has 0 saturated heterocycles. The molecule has 0 radical (unpaired) electrons. The quantitative estimate of drug-likeness (QED) is 0.609. The molecule has 1 heterocycles. The van der Waals surface area contributed by atoms with Crippen LogP contribution in [0.2, 0.25) is 20.1 Å². The third-order valence-corrected chi connectivity index (χ3v) is 4.56. The molecule has 0 amide bonds. The lowest BCUT2D eigenvalue weighted by Crippen LogP contribution is -2.19. The summed E-state index contributed by atoms with van der Waals surface area (Å²) in [5, 5.41) is 14.5. The predicted octanol–water partition coefficient (Wildman–Crippen LogP) is 6.46. The molecule has 132 valence electrons. The third kappa shape index (κ3) is 4.03. The summed E-state index contributed by atoms with van der Waals surface area (Å²) in [6.45, 7) is 0.134. The van der Waals surface area contributed by atoms with E-state index in [4.69, 9.17) is 51.1 Å². The fraction of sp³-hybridized carbons (Fsp3) is 0.0556. The monoisotopic (exact) mass is 425 g/mol. The number of allylic oxidation sites excluding steroid dienone is 2. The Balaban J connectivity index is 1.84. The predicted molar refractivity (Wildman–Crippen MR) is 107 cm³/mol. The number of anilines is 2. The normalized spacial score (nSPS) is 13.9. The topological polar surface area (TPSA) is 48.3 Å². The standard InChI is InChI=1S/C18H11Cl4N3O/c19-11-6-12(20)8-13(7-11)24-5-4-17-16(9-23)25(10-26-17)18-14(21)2-1-3-15(18)22/h1-8,24H,10H2/b5-4+. The van der Waals surface area contributed by atoms with E-state index in [-0.39, 0.29) is 6.73 Å². The van der Waals surface area contributed by atoms with Crippen molar-refractivity contribution in [1.82, 2.24) is 0 Å². The van der Waals surface area contributed by atoms with Crippen molar-refractivity contribution in [1.29, 1.82) is 5.26 Å². The Morgan fingerprint density at radius 1 is 1.08 bits per heavy atom. The first-order valence-corrected chi connectivity index (χ1v) is 8.88. The van der Waals surface area contributed by atoms with Crippen molar-refractivity contribution in [2.24, 2.45) is 0 Å². The van der Waals surface area contributed by atoms with Crippen LogP contribution in [0.25, 0.3) is 0 Å². The summed E-state index contributed by atoms with van der Waals surface area (Å²) in [6, 6.07) is 12.4. The molecular weight excluding hydrogens is 416 g/mol. The van der Waals surface area contributed by atoms with Crippen LogP contribution in [-0.2, 0) is 4.74 Å². The van der Waals surface area contributed by atoms with Gasteiger partial charge in [-0.25, -0.2) is 0 Å². The van der Waals surface area contributed by atoms with Crippen molar-refractivity contribution in [2.45, 2.75) is 0 Å². The van der Waals surface area contributed by atoms with Gasteiger partial charge in [0.1, 0.15) is 6.07 Å². The molecule has 4 nitrogen and oxygen atoms in total. The van der Waals surface area contributed by atoms with Crippen LogP contribution in [0.5, 0.6) is 0 Å². The van der Waals surface area contributed by atoms with Gasteiger partial charge in [0.15, 0.2) is 18.2 Å². The van der Waals surface area contributed by atoms with Crippen molar-refractivity contribution in [3.8, 4) is 6.07 Å². The van der Waals surface area contributed by atoms with Gasteiger partial charge < -0.3 is 10.1 Å². The summed E-state index contributed by atoms with van der Waals surface area (Å²) >= 11 is 24.4. The Kier molecular flexibility index (Phi) is 5.85. The van der Waals surface area contributed by atoms with Gasteiger partial charge in [-0.05, 0) is 36.4 Å². The summed E-state index contributed by atoms with van der Waals surface area (Å²) in [6.07, 6.45) is 3.27. The molecule has 1 aliphatic rings. The van der Waals surface area contributed by atoms with Gasteiger partial charge in [-0.3, -0.25) is 4.90 Å². The molecule has 0 aliphatic carbocycles. The van der Waals surface area contributed by atoms with Crippen LogP contribution in [0.1, 0.15) is 0 Å². The van der Waals surface area contributed by atoms with E-state index in [2.05, 4.69) is 11.4 Å². The molecule has 0 atom stereocenters. The lowest BCUT2D eigenvalue weighted by molar-refractivity contribution is 0.257. The van der Waals surface area contributed by atoms with Gasteiger partial charge in [-0.1, -0.05) is 52.5 Å². The van der Waals surface area contributed by atoms with Crippen LogP contribution in [0.4, 0.5) is 11.4 Å². The average molecular weight is 427 g/mol. The van der Waals surface area contributed by atoms with E-state index in [1.807, 2.05) is 0 Å². The summed E-state index contributed by atoms with van der Waals surface area (Å²) in [5.74, 6) is 0.393. The molecule has 0 fully saturated rings. The van der Waals surface area contributed by atoms with E-state index in [1.54, 1.807) is 53.6 Å². The molecule has 0 aromatic heterocycles. The Morgan fingerprint density at radius 3 is 2.35 bits per heavy atom. The minimum absolute atomic E-state index is 0.134. The fourth-order valence-electron chi connectivity index (χ4n) is 2.42. The van der Waals surface area contributed by atoms with Gasteiger partial charge in [-0.15, -0.1) is 0 Å². The Bertz CT molecular complexity index is 909. The number of hydrogen-bond acceptors (Lipinski definition) is 4. The maximum atomic E-state index is 9.53. The molecule has 1 N–H and O–H groups in total. The second-order valence-corrected chi connectivity index (χ2v) is 6.92. The lowest BCUT2D eigenvalue weighted by Gasteiger charge is -2.18. The highest BCUT2D eigenvalue weighted by Gasteiger charge is 2.27. The van der Waals surface area contributed by atoms with E-state index in [9.17, 15) is 5.26 Å². The summed E-state index contributed by atoms with van der Waals surface area (Å²) in [7, 11) is 0. The largest absolute Gasteiger partial charge is 0.470 e. The van der Waals surface area contributed by atoms with E-state index in [0.29, 0.717) is 42.9 Å². The zero-order chi connectivity index (χ0) is 18.7. The Labute approximate surface area is 170 Å². The summed E-state index contributed by atoms with van der Waals surface area (Å²) in [5.41, 5.74) is 1.55. The van der Waals surface area contributed by atoms with Crippen LogP contribution in [-0.4, -0.2) is 6.73 Å². The van der Waals surface area contributed by atoms with Crippen molar-refractivity contribution >= 4 is 57.8 Å². The first-order chi connectivity index (χ1) is 12.5. The molecule has 26 heavy (non-hydrogen) atoms. The first-order valence-electron chi connectivity index (χ1n) is 7.37. The van der Waals surface area contributed by atoms with Gasteiger partial charge in [-0.2, -0.15) is 5.26 Å². The molecule has 1 aliphatic heterocycles. The third-order valence-electron chi connectivity index (χ3n) is 3.51. The minimum Gasteiger partial charge on any atom is -0.470 e. The SMILES string of the molecule is N#CC1=C(/C=C/Nc2cc(Cl)cc(Cl)c2)OCN1c1c(Cl)cccc1Cl. The van der Waals surface area contributed by atoms with E-state index >= 15 is 0 Å². The summed E-state index contributed by atoms with van der Waals surface area (Å²) < 4.78 is 5.61. The number of nitrogens with one attached hydrogen (secondary N) is 1. The van der Waals surface area contributed by atoms with Crippen molar-refractivity contribution in [3.05, 3.63) is 80.2 Å². The van der Waals surface area contributed by atoms with Crippen LogP contribution < -0.4 is 10.2 Å². The van der Waals surface area contributed by atoms with Gasteiger partial charge in [0.25, 0.3) is 0 Å². The Morgan fingerprint density at radius 2 is 1.73 bits per heavy atom. The van der Waals surface area contributed by atoms with Crippen LogP contribution in [0.15, 0.2) is 60.1 Å². The highest BCUT2D eigenvalue weighted by molar-refractivity contribution is 6.39. The summed E-state index contributed by atoms with van der Waals surface area (Å²) in [4.78, 5) is 1.63. The lowest BCUT2D eigenvalue weighted by atomic mass is 10.2. The molecule has 0 saturated carbocycles. The maximum Gasteiger partial charge on any atom is 0.166 e. The molecule has 3 rings (SSSR count). The van der Waals surface area contributed by atoms with E-state index < -0.39 is 0 Å². The van der Waals surface area contributed by atoms with E-state index in [1.165, 1.54) is 0 Å². The zero-order valence-electron chi connectivity index (χ0n) is 13.1. The number of halogens is 4. The maximum absolute atomic E-state index is 9.53. The molecule has 0 bridgehead atoms. The number of hydrogen-bond donors (Lipinski definition) is 1. The Hall–Kier alpha value is -2.03. The van der Waals surface area contributed by atoms with Crippen molar-refractivity contribution < 1.29 is 4.74 Å². The van der Waals surface area contributed by atoms with Gasteiger partial charge in [0, 0.05) is 21.9 Å². The highest BCUT2D eigenvalue weighted by Crippen LogP contribution is 2.38. The van der Waals surface area contributed by atoms with Gasteiger partial charge >= 0.3 is 0 Å². The second kappa shape index (κ2) is 8.11. The highest BCUT2D eigenvalue weighted by atomic mass is 35.5. The number of nitrogens with zero attached hydrogens (tertiary/aromatic N) is 2. The molecule has 8 heteroatoms. The van der Waals surface area contributed by atoms with Gasteiger partial charge in [0.2, 0.25) is 0 Å². The molecule has 2 aromatic carbocycles. The van der Waals surface area contributed by atoms with Crippen molar-refractivity contribution in [3.63, 3.8) is 0 Å². The second-order valence-electron chi connectivity index (χ2n) is 5.23. The zero-order valence-corrected chi connectivity index (χ0v) is 16.2. The van der Waals surface area contributed by atoms with E-state index in [0.717, 1.165) is 0 Å². The molecule has 0 unspecified atom stereocenters. The number of para-hydroxylation sites is 1. The first kappa shape index (κ1) is 18.8. The number of rotatable bonds is 4. The minimum atomic E-state index is 0.134. The molecule has 0 spiro atoms. The van der Waals surface area contributed by atoms with Gasteiger partial charge in [0.05, 0.1) is 15.7 Å². The number of nitriles is 1. The smallest absolute Gasteiger partial charge is 0.166 e. The number of benzene rings is 2. The molecular formula is C18H11Cl4N3O. The number of ether oxygens (including phenoxy) is 1. The fourth-order valence-corrected chi connectivity index (χ4v) is 3.54. The molecule has 2 aromatic rings. The van der Waals surface area contributed by atoms with Crippen molar-refractivity contribution in [2.75, 3.05) is 16.9 Å². The van der Waals surface area contributed by atoms with Crippen LogP contribution in [0, 0.1) is 11.3 Å². The average Bonchev–Trinajstić information content (AvgIpc) is 2.96.